The monoisotopic (exact) mass is 324 g/mol. The zero-order valence-electron chi connectivity index (χ0n) is 10.7. The van der Waals surface area contributed by atoms with E-state index in [4.69, 9.17) is 0 Å². The lowest BCUT2D eigenvalue weighted by Gasteiger charge is -2.19. The highest BCUT2D eigenvalue weighted by molar-refractivity contribution is 9.10. The molecule has 0 aliphatic carbocycles. The van der Waals surface area contributed by atoms with Crippen molar-refractivity contribution in [3.8, 4) is 0 Å². The number of nitrogens with one attached hydrogen (secondary N) is 1. The summed E-state index contributed by atoms with van der Waals surface area (Å²) in [5.41, 5.74) is 0.627. The molecular formula is C14H17BrN2O2. The van der Waals surface area contributed by atoms with Crippen molar-refractivity contribution in [3.63, 3.8) is 0 Å². The standard InChI is InChI=1S/C14H17BrN2O2/c15-11-6-5-7-12(10-11)16-13(18)14(19)17-8-3-1-2-4-9-17/h5-7,10H,1-4,8-9H2,(H,16,18). The molecule has 1 aromatic rings. The molecule has 1 fully saturated rings. The van der Waals surface area contributed by atoms with Gasteiger partial charge in [-0.05, 0) is 31.0 Å². The van der Waals surface area contributed by atoms with Crippen LogP contribution in [0.2, 0.25) is 0 Å². The Balaban J connectivity index is 1.97. The lowest BCUT2D eigenvalue weighted by atomic mass is 10.2. The molecule has 2 rings (SSSR count). The van der Waals surface area contributed by atoms with Crippen LogP contribution in [0.25, 0.3) is 0 Å². The number of hydrogen-bond donors (Lipinski definition) is 1. The zero-order chi connectivity index (χ0) is 13.7. The van der Waals surface area contributed by atoms with Crippen LogP contribution in [0.3, 0.4) is 0 Å². The highest BCUT2D eigenvalue weighted by atomic mass is 79.9. The number of benzene rings is 1. The highest BCUT2D eigenvalue weighted by Crippen LogP contribution is 2.16. The third-order valence-corrected chi connectivity index (χ3v) is 3.66. The fourth-order valence-electron chi connectivity index (χ4n) is 2.17. The molecule has 0 spiro atoms. The Bertz CT molecular complexity index is 468. The third-order valence-electron chi connectivity index (χ3n) is 3.17. The van der Waals surface area contributed by atoms with E-state index in [0.717, 1.165) is 30.2 Å². The normalized spacial score (nSPS) is 15.7. The van der Waals surface area contributed by atoms with Gasteiger partial charge in [-0.25, -0.2) is 0 Å². The van der Waals surface area contributed by atoms with Gasteiger partial charge in [0.1, 0.15) is 0 Å². The second kappa shape index (κ2) is 6.70. The van der Waals surface area contributed by atoms with Gasteiger partial charge in [0, 0.05) is 23.2 Å². The maximum Gasteiger partial charge on any atom is 0.313 e. The SMILES string of the molecule is O=C(Nc1cccc(Br)c1)C(=O)N1CCCCCC1. The van der Waals surface area contributed by atoms with Crippen molar-refractivity contribution in [2.45, 2.75) is 25.7 Å². The van der Waals surface area contributed by atoms with E-state index >= 15 is 0 Å². The van der Waals surface area contributed by atoms with Crippen LogP contribution in [-0.4, -0.2) is 29.8 Å². The van der Waals surface area contributed by atoms with Crippen LogP contribution in [0.1, 0.15) is 25.7 Å². The van der Waals surface area contributed by atoms with Gasteiger partial charge >= 0.3 is 11.8 Å². The summed E-state index contributed by atoms with van der Waals surface area (Å²) < 4.78 is 0.868. The minimum Gasteiger partial charge on any atom is -0.334 e. The van der Waals surface area contributed by atoms with E-state index in [-0.39, 0.29) is 0 Å². The van der Waals surface area contributed by atoms with Crippen LogP contribution in [0, 0.1) is 0 Å². The summed E-state index contributed by atoms with van der Waals surface area (Å²) in [6.45, 7) is 1.37. The number of likely N-dealkylation sites (tertiary alicyclic amines) is 1. The fraction of sp³-hybridized carbons (Fsp3) is 0.429. The first-order valence-corrected chi connectivity index (χ1v) is 7.32. The number of nitrogens with zero attached hydrogens (tertiary/aromatic N) is 1. The molecule has 1 heterocycles. The molecule has 0 radical (unpaired) electrons. The molecule has 1 N–H and O–H groups in total. The highest BCUT2D eigenvalue weighted by Gasteiger charge is 2.22. The number of amides is 2. The van der Waals surface area contributed by atoms with Gasteiger partial charge in [-0.2, -0.15) is 0 Å². The quantitative estimate of drug-likeness (QED) is 0.807. The van der Waals surface area contributed by atoms with Crippen molar-refractivity contribution in [2.75, 3.05) is 18.4 Å². The first-order chi connectivity index (χ1) is 9.16. The van der Waals surface area contributed by atoms with E-state index in [0.29, 0.717) is 18.8 Å². The average molecular weight is 325 g/mol. The average Bonchev–Trinajstić information content (AvgIpc) is 2.66. The van der Waals surface area contributed by atoms with E-state index in [1.165, 1.54) is 0 Å². The van der Waals surface area contributed by atoms with Crippen molar-refractivity contribution in [3.05, 3.63) is 28.7 Å². The Labute approximate surface area is 121 Å². The third kappa shape index (κ3) is 4.06. The molecule has 1 aliphatic heterocycles. The molecule has 4 nitrogen and oxygen atoms in total. The predicted octanol–water partition coefficient (Wildman–Crippen LogP) is 2.79. The minimum atomic E-state index is -0.556. The topological polar surface area (TPSA) is 49.4 Å². The molecule has 0 unspecified atom stereocenters. The number of anilines is 1. The summed E-state index contributed by atoms with van der Waals surface area (Å²) in [4.78, 5) is 25.6. The zero-order valence-corrected chi connectivity index (χ0v) is 12.3. The molecule has 0 aromatic heterocycles. The van der Waals surface area contributed by atoms with Crippen LogP contribution in [0.15, 0.2) is 28.7 Å². The molecule has 2 amide bonds. The van der Waals surface area contributed by atoms with Gasteiger partial charge in [-0.1, -0.05) is 34.8 Å². The van der Waals surface area contributed by atoms with Gasteiger partial charge in [0.05, 0.1) is 0 Å². The molecule has 0 bridgehead atoms. The molecule has 0 saturated carbocycles. The lowest BCUT2D eigenvalue weighted by molar-refractivity contribution is -0.143. The summed E-state index contributed by atoms with van der Waals surface area (Å²) in [7, 11) is 0. The Morgan fingerprint density at radius 1 is 1.11 bits per heavy atom. The Morgan fingerprint density at radius 3 is 2.42 bits per heavy atom. The van der Waals surface area contributed by atoms with E-state index in [2.05, 4.69) is 21.2 Å². The van der Waals surface area contributed by atoms with Crippen LogP contribution >= 0.6 is 15.9 Å². The molecule has 1 saturated heterocycles. The molecule has 0 atom stereocenters. The molecule has 1 aromatic carbocycles. The van der Waals surface area contributed by atoms with Crippen LogP contribution in [-0.2, 0) is 9.59 Å². The van der Waals surface area contributed by atoms with E-state index in [1.807, 2.05) is 12.1 Å². The van der Waals surface area contributed by atoms with Gasteiger partial charge < -0.3 is 10.2 Å². The van der Waals surface area contributed by atoms with Gasteiger partial charge in [0.2, 0.25) is 0 Å². The van der Waals surface area contributed by atoms with Crippen molar-refractivity contribution < 1.29 is 9.59 Å². The van der Waals surface area contributed by atoms with E-state index < -0.39 is 11.8 Å². The smallest absolute Gasteiger partial charge is 0.313 e. The second-order valence-corrected chi connectivity index (χ2v) is 5.59. The lowest BCUT2D eigenvalue weighted by Crippen LogP contribution is -2.40. The largest absolute Gasteiger partial charge is 0.334 e. The number of rotatable bonds is 1. The Hall–Kier alpha value is -1.36. The maximum absolute atomic E-state index is 12.0. The number of hydrogen-bond acceptors (Lipinski definition) is 2. The first-order valence-electron chi connectivity index (χ1n) is 6.52. The minimum absolute atomic E-state index is 0.429. The molecular weight excluding hydrogens is 308 g/mol. The van der Waals surface area contributed by atoms with Crippen LogP contribution in [0.4, 0.5) is 5.69 Å². The molecule has 1 aliphatic rings. The first kappa shape index (κ1) is 14.1. The van der Waals surface area contributed by atoms with E-state index in [9.17, 15) is 9.59 Å². The summed E-state index contributed by atoms with van der Waals surface area (Å²) in [5, 5.41) is 2.64. The van der Waals surface area contributed by atoms with E-state index in [1.54, 1.807) is 17.0 Å². The molecule has 5 heteroatoms. The summed E-state index contributed by atoms with van der Waals surface area (Å²) >= 11 is 3.33. The predicted molar refractivity (Wildman–Crippen MR) is 77.8 cm³/mol. The second-order valence-electron chi connectivity index (χ2n) is 4.67. The van der Waals surface area contributed by atoms with Gasteiger partial charge in [-0.15, -0.1) is 0 Å². The van der Waals surface area contributed by atoms with Gasteiger partial charge in [-0.3, -0.25) is 9.59 Å². The van der Waals surface area contributed by atoms with Crippen molar-refractivity contribution in [1.82, 2.24) is 4.90 Å². The van der Waals surface area contributed by atoms with Gasteiger partial charge in [0.15, 0.2) is 0 Å². The maximum atomic E-state index is 12.0. The fourth-order valence-corrected chi connectivity index (χ4v) is 2.57. The Kier molecular flexibility index (Phi) is 4.96. The van der Waals surface area contributed by atoms with Crippen molar-refractivity contribution in [1.29, 1.82) is 0 Å². The van der Waals surface area contributed by atoms with Crippen LogP contribution < -0.4 is 5.32 Å². The number of carbonyl (C=O) groups excluding carboxylic acids is 2. The Morgan fingerprint density at radius 2 is 1.79 bits per heavy atom. The number of carbonyl (C=O) groups is 2. The van der Waals surface area contributed by atoms with Crippen molar-refractivity contribution >= 4 is 33.4 Å². The summed E-state index contributed by atoms with van der Waals surface area (Å²) in [5.74, 6) is -0.984. The van der Waals surface area contributed by atoms with Crippen LogP contribution in [0.5, 0.6) is 0 Å². The summed E-state index contributed by atoms with van der Waals surface area (Å²) in [6.07, 6.45) is 4.24. The van der Waals surface area contributed by atoms with Crippen molar-refractivity contribution in [2.24, 2.45) is 0 Å². The van der Waals surface area contributed by atoms with Gasteiger partial charge in [0.25, 0.3) is 0 Å². The summed E-state index contributed by atoms with van der Waals surface area (Å²) in [6, 6.07) is 7.22. The number of halogens is 1. The molecule has 102 valence electrons. The molecule has 19 heavy (non-hydrogen) atoms.